The Hall–Kier alpha value is -2.16. The monoisotopic (exact) mass is 196 g/mol. The van der Waals surface area contributed by atoms with E-state index < -0.39 is 0 Å². The van der Waals surface area contributed by atoms with Crippen LogP contribution in [0, 0.1) is 0 Å². The highest BCUT2D eigenvalue weighted by Crippen LogP contribution is 2.24. The van der Waals surface area contributed by atoms with Crippen LogP contribution >= 0.6 is 0 Å². The molecule has 1 N–H and O–H groups in total. The Balaban J connectivity index is 2.55. The summed E-state index contributed by atoms with van der Waals surface area (Å²) in [6.07, 6.45) is 0. The highest BCUT2D eigenvalue weighted by molar-refractivity contribution is 6.03. The van der Waals surface area contributed by atoms with Crippen LogP contribution in [-0.2, 0) is 0 Å². The normalized spacial score (nSPS) is 10.9. The summed E-state index contributed by atoms with van der Waals surface area (Å²) >= 11 is 0. The molecule has 0 saturated heterocycles. The number of phenols is 1. The van der Waals surface area contributed by atoms with Crippen molar-refractivity contribution in [3.8, 4) is 5.75 Å². The summed E-state index contributed by atoms with van der Waals surface area (Å²) in [5.41, 5.74) is 1.59. The molecule has 3 heteroatoms. The number of nitrogens with zero attached hydrogens (tertiary/aromatic N) is 2. The van der Waals surface area contributed by atoms with E-state index in [1.165, 1.54) is 0 Å². The first-order valence-electron chi connectivity index (χ1n) is 4.69. The first kappa shape index (κ1) is 8.17. The Morgan fingerprint density at radius 1 is 0.800 bits per heavy atom. The summed E-state index contributed by atoms with van der Waals surface area (Å²) in [5.74, 6) is 0.215. The van der Waals surface area contributed by atoms with Crippen LogP contribution in [0.25, 0.3) is 21.8 Å². The molecule has 0 bridgehead atoms. The molecule has 72 valence electrons. The number of benzene rings is 2. The molecule has 0 unspecified atom stereocenters. The van der Waals surface area contributed by atoms with Crippen LogP contribution in [0.3, 0.4) is 0 Å². The second kappa shape index (κ2) is 2.92. The zero-order valence-electron chi connectivity index (χ0n) is 7.88. The SMILES string of the molecule is Oc1ccc2c(c1)nnc1ccccc12. The van der Waals surface area contributed by atoms with Gasteiger partial charge in [0.1, 0.15) is 5.75 Å². The molecule has 0 fully saturated rings. The number of aromatic nitrogens is 2. The maximum atomic E-state index is 9.33. The van der Waals surface area contributed by atoms with E-state index in [4.69, 9.17) is 0 Å². The number of aromatic hydroxyl groups is 1. The van der Waals surface area contributed by atoms with Crippen LogP contribution < -0.4 is 0 Å². The van der Waals surface area contributed by atoms with E-state index in [1.807, 2.05) is 30.3 Å². The zero-order chi connectivity index (χ0) is 10.3. The summed E-state index contributed by atoms with van der Waals surface area (Å²) in [7, 11) is 0. The van der Waals surface area contributed by atoms with Gasteiger partial charge in [-0.3, -0.25) is 0 Å². The van der Waals surface area contributed by atoms with E-state index in [1.54, 1.807) is 12.1 Å². The Bertz CT molecular complexity index is 649. The van der Waals surface area contributed by atoms with Gasteiger partial charge in [0.05, 0.1) is 11.0 Å². The van der Waals surface area contributed by atoms with Crippen LogP contribution in [0.1, 0.15) is 0 Å². The van der Waals surface area contributed by atoms with Gasteiger partial charge in [-0.15, -0.1) is 10.2 Å². The average molecular weight is 196 g/mol. The maximum absolute atomic E-state index is 9.33. The van der Waals surface area contributed by atoms with Crippen LogP contribution in [0.4, 0.5) is 0 Å². The van der Waals surface area contributed by atoms with Crippen molar-refractivity contribution in [2.24, 2.45) is 0 Å². The van der Waals surface area contributed by atoms with Crippen molar-refractivity contribution in [3.05, 3.63) is 42.5 Å². The van der Waals surface area contributed by atoms with Gasteiger partial charge in [-0.2, -0.15) is 0 Å². The molecule has 0 spiro atoms. The van der Waals surface area contributed by atoms with Gasteiger partial charge in [0, 0.05) is 16.8 Å². The largest absolute Gasteiger partial charge is 0.508 e. The van der Waals surface area contributed by atoms with Gasteiger partial charge >= 0.3 is 0 Å². The highest BCUT2D eigenvalue weighted by atomic mass is 16.3. The van der Waals surface area contributed by atoms with Gasteiger partial charge in [-0.25, -0.2) is 0 Å². The van der Waals surface area contributed by atoms with E-state index >= 15 is 0 Å². The fraction of sp³-hybridized carbons (Fsp3) is 0. The molecular weight excluding hydrogens is 188 g/mol. The van der Waals surface area contributed by atoms with Crippen molar-refractivity contribution < 1.29 is 5.11 Å². The van der Waals surface area contributed by atoms with Crippen molar-refractivity contribution in [1.29, 1.82) is 0 Å². The molecular formula is C12H8N2O. The van der Waals surface area contributed by atoms with Gasteiger partial charge in [0.15, 0.2) is 0 Å². The Morgan fingerprint density at radius 3 is 2.47 bits per heavy atom. The molecule has 0 aliphatic rings. The number of rotatable bonds is 0. The van der Waals surface area contributed by atoms with Crippen molar-refractivity contribution in [2.75, 3.05) is 0 Å². The predicted octanol–water partition coefficient (Wildman–Crippen LogP) is 2.49. The molecule has 0 aliphatic carbocycles. The van der Waals surface area contributed by atoms with E-state index in [2.05, 4.69) is 10.2 Å². The molecule has 0 radical (unpaired) electrons. The number of phenolic OH excluding ortho intramolecular Hbond substituents is 1. The third kappa shape index (κ3) is 1.21. The molecule has 1 aromatic heterocycles. The minimum atomic E-state index is 0.215. The van der Waals surface area contributed by atoms with Crippen molar-refractivity contribution >= 4 is 21.8 Å². The fourth-order valence-corrected chi connectivity index (χ4v) is 1.73. The van der Waals surface area contributed by atoms with Gasteiger partial charge in [-0.1, -0.05) is 18.2 Å². The van der Waals surface area contributed by atoms with Crippen molar-refractivity contribution in [3.63, 3.8) is 0 Å². The lowest BCUT2D eigenvalue weighted by molar-refractivity contribution is 0.476. The summed E-state index contributed by atoms with van der Waals surface area (Å²) in [4.78, 5) is 0. The fourth-order valence-electron chi connectivity index (χ4n) is 1.73. The van der Waals surface area contributed by atoms with E-state index in [-0.39, 0.29) is 5.75 Å². The topological polar surface area (TPSA) is 46.0 Å². The van der Waals surface area contributed by atoms with Crippen molar-refractivity contribution in [2.45, 2.75) is 0 Å². The predicted molar refractivity (Wildman–Crippen MR) is 58.7 cm³/mol. The van der Waals surface area contributed by atoms with Gasteiger partial charge in [0.25, 0.3) is 0 Å². The van der Waals surface area contributed by atoms with Crippen molar-refractivity contribution in [1.82, 2.24) is 10.2 Å². The van der Waals surface area contributed by atoms with Gasteiger partial charge < -0.3 is 5.11 Å². The second-order valence-corrected chi connectivity index (χ2v) is 3.42. The minimum absolute atomic E-state index is 0.215. The molecule has 0 amide bonds. The van der Waals surface area contributed by atoms with E-state index in [9.17, 15) is 5.11 Å². The van der Waals surface area contributed by atoms with Gasteiger partial charge in [0.2, 0.25) is 0 Å². The molecule has 3 aromatic rings. The lowest BCUT2D eigenvalue weighted by atomic mass is 10.1. The van der Waals surface area contributed by atoms with E-state index in [0.29, 0.717) is 5.52 Å². The van der Waals surface area contributed by atoms with E-state index in [0.717, 1.165) is 16.3 Å². The highest BCUT2D eigenvalue weighted by Gasteiger charge is 2.02. The third-order valence-electron chi connectivity index (χ3n) is 2.44. The standard InChI is InChI=1S/C12H8N2O/c15-8-5-6-10-9-3-1-2-4-11(9)13-14-12(10)7-8/h1-7,15H. The molecule has 0 saturated carbocycles. The Morgan fingerprint density at radius 2 is 1.53 bits per heavy atom. The Kier molecular flexibility index (Phi) is 1.59. The van der Waals surface area contributed by atoms with Crippen LogP contribution in [0.5, 0.6) is 5.75 Å². The summed E-state index contributed by atoms with van der Waals surface area (Å²) in [5, 5.41) is 19.6. The molecule has 3 rings (SSSR count). The summed E-state index contributed by atoms with van der Waals surface area (Å²) in [6.45, 7) is 0. The molecule has 1 heterocycles. The van der Waals surface area contributed by atoms with Crippen LogP contribution in [-0.4, -0.2) is 15.3 Å². The molecule has 2 aromatic carbocycles. The zero-order valence-corrected chi connectivity index (χ0v) is 7.88. The lowest BCUT2D eigenvalue weighted by Crippen LogP contribution is -1.86. The van der Waals surface area contributed by atoms with Gasteiger partial charge in [-0.05, 0) is 18.2 Å². The Labute approximate surface area is 86.0 Å². The van der Waals surface area contributed by atoms with Crippen LogP contribution in [0.2, 0.25) is 0 Å². The molecule has 0 aliphatic heterocycles. The molecule has 0 atom stereocenters. The summed E-state index contributed by atoms with van der Waals surface area (Å²) in [6, 6.07) is 13.0. The maximum Gasteiger partial charge on any atom is 0.117 e. The first-order chi connectivity index (χ1) is 7.34. The third-order valence-corrected chi connectivity index (χ3v) is 2.44. The first-order valence-corrected chi connectivity index (χ1v) is 4.69. The minimum Gasteiger partial charge on any atom is -0.508 e. The summed E-state index contributed by atoms with van der Waals surface area (Å²) < 4.78 is 0. The van der Waals surface area contributed by atoms with Crippen LogP contribution in [0.15, 0.2) is 42.5 Å². The number of fused-ring (bicyclic) bond motifs is 3. The smallest absolute Gasteiger partial charge is 0.117 e. The second-order valence-electron chi connectivity index (χ2n) is 3.42. The number of hydrogen-bond acceptors (Lipinski definition) is 3. The molecule has 15 heavy (non-hydrogen) atoms. The lowest BCUT2D eigenvalue weighted by Gasteiger charge is -2.01. The average Bonchev–Trinajstić information content (AvgIpc) is 2.28. The number of hydrogen-bond donors (Lipinski definition) is 1. The quantitative estimate of drug-likeness (QED) is 0.562. The molecule has 3 nitrogen and oxygen atoms in total.